The van der Waals surface area contributed by atoms with Crippen LogP contribution in [0.2, 0.25) is 0 Å². The third kappa shape index (κ3) is 4.36. The van der Waals surface area contributed by atoms with E-state index in [1.807, 2.05) is 24.3 Å². The van der Waals surface area contributed by atoms with Gasteiger partial charge in [0.15, 0.2) is 5.96 Å². The molecule has 5 nitrogen and oxygen atoms in total. The molecule has 1 unspecified atom stereocenters. The molecule has 1 aliphatic heterocycles. The molecule has 1 fully saturated rings. The minimum absolute atomic E-state index is 0.282. The van der Waals surface area contributed by atoms with E-state index in [1.54, 1.807) is 7.11 Å². The molecule has 21 heavy (non-hydrogen) atoms. The molecule has 0 spiro atoms. The molecule has 1 aromatic carbocycles. The Bertz CT molecular complexity index is 465. The first-order valence-corrected chi connectivity index (χ1v) is 7.47. The van der Waals surface area contributed by atoms with Crippen molar-refractivity contribution < 1.29 is 9.84 Å². The molecule has 1 heterocycles. The summed E-state index contributed by atoms with van der Waals surface area (Å²) in [6, 6.07) is 7.35. The van der Waals surface area contributed by atoms with Crippen molar-refractivity contribution in [2.45, 2.75) is 25.9 Å². The number of nitrogens with two attached hydrogens (primary N) is 1. The number of likely N-dealkylation sites (tertiary alicyclic amines) is 1. The summed E-state index contributed by atoms with van der Waals surface area (Å²) in [4.78, 5) is 6.43. The molecule has 3 N–H and O–H groups in total. The molecule has 0 amide bonds. The van der Waals surface area contributed by atoms with Gasteiger partial charge in [0.2, 0.25) is 0 Å². The molecular formula is C16H25N3O2. The van der Waals surface area contributed by atoms with Crippen LogP contribution < -0.4 is 10.5 Å². The van der Waals surface area contributed by atoms with Crippen LogP contribution in [-0.2, 0) is 0 Å². The SMILES string of the molecule is COc1ccc(C(O)CN=C(N)N2CCC(C)CC2)cc1. The largest absolute Gasteiger partial charge is 0.497 e. The Labute approximate surface area is 126 Å². The second-order valence-corrected chi connectivity index (χ2v) is 5.66. The molecule has 5 heteroatoms. The molecule has 0 radical (unpaired) electrons. The predicted molar refractivity (Wildman–Crippen MR) is 84.4 cm³/mol. The molecular weight excluding hydrogens is 266 g/mol. The summed E-state index contributed by atoms with van der Waals surface area (Å²) in [5.74, 6) is 2.07. The maximum Gasteiger partial charge on any atom is 0.191 e. The molecule has 2 rings (SSSR count). The number of piperidine rings is 1. The van der Waals surface area contributed by atoms with Crippen LogP contribution in [0.15, 0.2) is 29.3 Å². The third-order valence-electron chi connectivity index (χ3n) is 4.03. The standard InChI is InChI=1S/C16H25N3O2/c1-12-7-9-19(10-8-12)16(17)18-11-15(20)13-3-5-14(21-2)6-4-13/h3-6,12,15,20H,7-11H2,1-2H3,(H2,17,18). The van der Waals surface area contributed by atoms with Crippen LogP contribution in [0.4, 0.5) is 0 Å². The number of methoxy groups -OCH3 is 1. The van der Waals surface area contributed by atoms with E-state index in [4.69, 9.17) is 10.5 Å². The fraction of sp³-hybridized carbons (Fsp3) is 0.562. The number of hydrogen-bond donors (Lipinski definition) is 2. The highest BCUT2D eigenvalue weighted by Gasteiger charge is 2.17. The van der Waals surface area contributed by atoms with Crippen molar-refractivity contribution in [3.05, 3.63) is 29.8 Å². The minimum atomic E-state index is -0.641. The highest BCUT2D eigenvalue weighted by Crippen LogP contribution is 2.18. The van der Waals surface area contributed by atoms with E-state index in [9.17, 15) is 5.11 Å². The molecule has 1 atom stereocenters. The number of ether oxygens (including phenoxy) is 1. The lowest BCUT2D eigenvalue weighted by atomic mass is 10.00. The van der Waals surface area contributed by atoms with Crippen molar-refractivity contribution in [3.8, 4) is 5.75 Å². The van der Waals surface area contributed by atoms with E-state index in [2.05, 4.69) is 16.8 Å². The predicted octanol–water partition coefficient (Wildman–Crippen LogP) is 1.78. The van der Waals surface area contributed by atoms with Crippen molar-refractivity contribution in [3.63, 3.8) is 0 Å². The van der Waals surface area contributed by atoms with Crippen molar-refractivity contribution in [1.82, 2.24) is 4.90 Å². The lowest BCUT2D eigenvalue weighted by Gasteiger charge is -2.31. The average molecular weight is 291 g/mol. The van der Waals surface area contributed by atoms with Crippen LogP contribution in [-0.4, -0.2) is 42.7 Å². The lowest BCUT2D eigenvalue weighted by Crippen LogP contribution is -2.42. The van der Waals surface area contributed by atoms with Crippen LogP contribution in [0.25, 0.3) is 0 Å². The van der Waals surface area contributed by atoms with Gasteiger partial charge in [-0.15, -0.1) is 0 Å². The monoisotopic (exact) mass is 291 g/mol. The molecule has 1 saturated heterocycles. The number of rotatable bonds is 4. The van der Waals surface area contributed by atoms with Crippen LogP contribution in [0.3, 0.4) is 0 Å². The van der Waals surface area contributed by atoms with Crippen molar-refractivity contribution >= 4 is 5.96 Å². The van der Waals surface area contributed by atoms with E-state index in [1.165, 1.54) is 0 Å². The Morgan fingerprint density at radius 3 is 2.57 bits per heavy atom. The first-order chi connectivity index (χ1) is 10.1. The quantitative estimate of drug-likeness (QED) is 0.655. The highest BCUT2D eigenvalue weighted by atomic mass is 16.5. The Balaban J connectivity index is 1.89. The van der Waals surface area contributed by atoms with Crippen molar-refractivity contribution in [2.24, 2.45) is 16.6 Å². The van der Waals surface area contributed by atoms with Gasteiger partial charge in [-0.1, -0.05) is 19.1 Å². The smallest absolute Gasteiger partial charge is 0.191 e. The molecule has 0 aliphatic carbocycles. The normalized spacial score (nSPS) is 18.6. The number of aliphatic hydroxyl groups excluding tert-OH is 1. The van der Waals surface area contributed by atoms with Gasteiger partial charge >= 0.3 is 0 Å². The Morgan fingerprint density at radius 2 is 2.00 bits per heavy atom. The fourth-order valence-corrected chi connectivity index (χ4v) is 2.45. The number of nitrogens with zero attached hydrogens (tertiary/aromatic N) is 2. The second-order valence-electron chi connectivity index (χ2n) is 5.66. The average Bonchev–Trinajstić information content (AvgIpc) is 2.53. The van der Waals surface area contributed by atoms with Gasteiger partial charge in [-0.25, -0.2) is 0 Å². The highest BCUT2D eigenvalue weighted by molar-refractivity contribution is 5.78. The zero-order valence-electron chi connectivity index (χ0n) is 12.8. The summed E-state index contributed by atoms with van der Waals surface area (Å²) in [5.41, 5.74) is 6.83. The van der Waals surface area contributed by atoms with Gasteiger partial charge in [-0.2, -0.15) is 0 Å². The van der Waals surface area contributed by atoms with Gasteiger partial charge in [0.25, 0.3) is 0 Å². The Morgan fingerprint density at radius 1 is 1.38 bits per heavy atom. The minimum Gasteiger partial charge on any atom is -0.497 e. The van der Waals surface area contributed by atoms with Crippen molar-refractivity contribution in [1.29, 1.82) is 0 Å². The zero-order chi connectivity index (χ0) is 15.2. The number of aliphatic imine (C=N–C) groups is 1. The number of benzene rings is 1. The number of hydrogen-bond acceptors (Lipinski definition) is 3. The van der Waals surface area contributed by atoms with Crippen LogP contribution >= 0.6 is 0 Å². The Hall–Kier alpha value is -1.75. The van der Waals surface area contributed by atoms with E-state index in [-0.39, 0.29) is 6.54 Å². The third-order valence-corrected chi connectivity index (χ3v) is 4.03. The Kier molecular flexibility index (Phi) is 5.44. The van der Waals surface area contributed by atoms with E-state index < -0.39 is 6.10 Å². The van der Waals surface area contributed by atoms with Crippen LogP contribution in [0.5, 0.6) is 5.75 Å². The molecule has 1 aliphatic rings. The van der Waals surface area contributed by atoms with Crippen LogP contribution in [0.1, 0.15) is 31.4 Å². The summed E-state index contributed by atoms with van der Waals surface area (Å²) in [6.07, 6.45) is 1.66. The van der Waals surface area contributed by atoms with Gasteiger partial charge < -0.3 is 20.5 Å². The summed E-state index contributed by atoms with van der Waals surface area (Å²) in [6.45, 7) is 4.45. The molecule has 0 aromatic heterocycles. The fourth-order valence-electron chi connectivity index (χ4n) is 2.45. The summed E-state index contributed by atoms with van der Waals surface area (Å²) < 4.78 is 5.10. The van der Waals surface area contributed by atoms with E-state index in [0.29, 0.717) is 5.96 Å². The topological polar surface area (TPSA) is 71.1 Å². The van der Waals surface area contributed by atoms with Gasteiger partial charge in [0, 0.05) is 13.1 Å². The first-order valence-electron chi connectivity index (χ1n) is 7.47. The second kappa shape index (κ2) is 7.31. The maximum atomic E-state index is 10.2. The van der Waals surface area contributed by atoms with Crippen molar-refractivity contribution in [2.75, 3.05) is 26.7 Å². The number of aliphatic hydroxyl groups is 1. The van der Waals surface area contributed by atoms with Gasteiger partial charge in [-0.05, 0) is 36.5 Å². The molecule has 116 valence electrons. The van der Waals surface area contributed by atoms with Crippen LogP contribution in [0, 0.1) is 5.92 Å². The van der Waals surface area contributed by atoms with Gasteiger partial charge in [0.05, 0.1) is 19.8 Å². The summed E-state index contributed by atoms with van der Waals surface area (Å²) in [5, 5.41) is 10.2. The summed E-state index contributed by atoms with van der Waals surface area (Å²) in [7, 11) is 1.62. The molecule has 0 saturated carbocycles. The molecule has 1 aromatic rings. The van der Waals surface area contributed by atoms with Gasteiger partial charge in [0.1, 0.15) is 5.75 Å². The maximum absolute atomic E-state index is 10.2. The van der Waals surface area contributed by atoms with E-state index in [0.717, 1.165) is 43.2 Å². The molecule has 0 bridgehead atoms. The van der Waals surface area contributed by atoms with E-state index >= 15 is 0 Å². The first kappa shape index (κ1) is 15.6. The zero-order valence-corrected chi connectivity index (χ0v) is 12.8. The summed E-state index contributed by atoms with van der Waals surface area (Å²) >= 11 is 0. The lowest BCUT2D eigenvalue weighted by molar-refractivity contribution is 0.186. The number of guanidine groups is 1. The van der Waals surface area contributed by atoms with Gasteiger partial charge in [-0.3, -0.25) is 4.99 Å².